The van der Waals surface area contributed by atoms with E-state index in [1.165, 1.54) is 12.1 Å². The molecule has 0 radical (unpaired) electrons. The fraction of sp³-hybridized carbons (Fsp3) is 0.0625. The Bertz CT molecular complexity index is 1120. The van der Waals surface area contributed by atoms with Gasteiger partial charge in [0.05, 0.1) is 11.4 Å². The lowest BCUT2D eigenvalue weighted by Crippen LogP contribution is -2.14. The number of sulfonamides is 1. The Kier molecular flexibility index (Phi) is 5.10. The molecule has 0 fully saturated rings. The summed E-state index contributed by atoms with van der Waals surface area (Å²) in [6, 6.07) is 8.18. The number of rotatable bonds is 4. The summed E-state index contributed by atoms with van der Waals surface area (Å²) in [6.07, 6.45) is -2.95. The standard InChI is InChI=1S/C16H10BrF4N3O2S/c17-8-1-3-9(4-2-8)24-14(7-13(23-24)16(20)21)10-5-12(19)15(6-11(10)18)27(22,25)26/h1-7,16H,(H2,22,25,26). The highest BCUT2D eigenvalue weighted by molar-refractivity contribution is 9.10. The maximum atomic E-state index is 14.5. The number of hydrogen-bond donors (Lipinski definition) is 1. The van der Waals surface area contributed by atoms with Gasteiger partial charge in [0.15, 0.2) is 0 Å². The molecule has 0 aliphatic carbocycles. The van der Waals surface area contributed by atoms with E-state index in [0.717, 1.165) is 10.7 Å². The van der Waals surface area contributed by atoms with Crippen molar-refractivity contribution >= 4 is 26.0 Å². The SMILES string of the molecule is NS(=O)(=O)c1cc(F)c(-c2cc(C(F)F)nn2-c2ccc(Br)cc2)cc1F. The molecule has 2 aromatic carbocycles. The Labute approximate surface area is 159 Å². The average Bonchev–Trinajstić information content (AvgIpc) is 3.01. The van der Waals surface area contributed by atoms with Gasteiger partial charge in [0, 0.05) is 10.0 Å². The Morgan fingerprint density at radius 2 is 1.67 bits per heavy atom. The third-order valence-electron chi connectivity index (χ3n) is 3.63. The van der Waals surface area contributed by atoms with Crippen LogP contribution in [0.3, 0.4) is 0 Å². The molecular weight excluding hydrogens is 454 g/mol. The molecule has 0 unspecified atom stereocenters. The smallest absolute Gasteiger partial charge is 0.233 e. The van der Waals surface area contributed by atoms with Gasteiger partial charge in [0.2, 0.25) is 10.0 Å². The van der Waals surface area contributed by atoms with Crippen molar-refractivity contribution in [2.24, 2.45) is 5.14 Å². The van der Waals surface area contributed by atoms with Crippen LogP contribution in [0.2, 0.25) is 0 Å². The molecule has 0 atom stereocenters. The fourth-order valence-corrected chi connectivity index (χ4v) is 3.28. The summed E-state index contributed by atoms with van der Waals surface area (Å²) in [6.45, 7) is 0. The second kappa shape index (κ2) is 7.06. The van der Waals surface area contributed by atoms with Crippen LogP contribution >= 0.6 is 15.9 Å². The molecule has 2 N–H and O–H groups in total. The van der Waals surface area contributed by atoms with Crippen molar-refractivity contribution in [2.75, 3.05) is 0 Å². The molecule has 0 saturated carbocycles. The van der Waals surface area contributed by atoms with Crippen LogP contribution in [0.1, 0.15) is 12.1 Å². The summed E-state index contributed by atoms with van der Waals surface area (Å²) >= 11 is 3.23. The lowest BCUT2D eigenvalue weighted by Gasteiger charge is -2.10. The number of primary sulfonamides is 1. The summed E-state index contributed by atoms with van der Waals surface area (Å²) in [7, 11) is -4.49. The first kappa shape index (κ1) is 19.5. The summed E-state index contributed by atoms with van der Waals surface area (Å²) in [4.78, 5) is -1.03. The van der Waals surface area contributed by atoms with E-state index in [1.54, 1.807) is 12.1 Å². The van der Waals surface area contributed by atoms with Crippen molar-refractivity contribution in [3.05, 3.63) is 64.3 Å². The van der Waals surface area contributed by atoms with E-state index >= 15 is 0 Å². The first-order valence-electron chi connectivity index (χ1n) is 7.24. The average molecular weight is 464 g/mol. The van der Waals surface area contributed by atoms with Crippen molar-refractivity contribution in [3.8, 4) is 16.9 Å². The molecule has 0 aliphatic heterocycles. The maximum Gasteiger partial charge on any atom is 0.282 e. The van der Waals surface area contributed by atoms with Gasteiger partial charge in [-0.05, 0) is 42.5 Å². The molecule has 0 amide bonds. The first-order chi connectivity index (χ1) is 12.6. The van der Waals surface area contributed by atoms with Crippen LogP contribution in [0, 0.1) is 11.6 Å². The Morgan fingerprint density at radius 3 is 2.22 bits per heavy atom. The molecule has 142 valence electrons. The number of aromatic nitrogens is 2. The van der Waals surface area contributed by atoms with E-state index in [2.05, 4.69) is 21.0 Å². The largest absolute Gasteiger partial charge is 0.282 e. The summed E-state index contributed by atoms with van der Waals surface area (Å²) in [5.74, 6) is -2.46. The van der Waals surface area contributed by atoms with Crippen LogP contribution in [0.5, 0.6) is 0 Å². The van der Waals surface area contributed by atoms with Gasteiger partial charge < -0.3 is 0 Å². The second-order valence-electron chi connectivity index (χ2n) is 5.45. The van der Waals surface area contributed by atoms with E-state index in [-0.39, 0.29) is 5.69 Å². The van der Waals surface area contributed by atoms with Crippen molar-refractivity contribution in [2.45, 2.75) is 11.3 Å². The number of alkyl halides is 2. The first-order valence-corrected chi connectivity index (χ1v) is 9.58. The van der Waals surface area contributed by atoms with E-state index in [9.17, 15) is 26.0 Å². The van der Waals surface area contributed by atoms with Crippen LogP contribution in [-0.4, -0.2) is 18.2 Å². The zero-order valence-corrected chi connectivity index (χ0v) is 15.6. The molecule has 3 aromatic rings. The predicted octanol–water partition coefficient (Wildman–Crippen LogP) is 4.17. The molecule has 3 rings (SSSR count). The van der Waals surface area contributed by atoms with Crippen LogP contribution < -0.4 is 5.14 Å². The van der Waals surface area contributed by atoms with E-state index in [1.807, 2.05) is 0 Å². The Hall–Kier alpha value is -2.24. The quantitative estimate of drug-likeness (QED) is 0.589. The van der Waals surface area contributed by atoms with E-state index in [4.69, 9.17) is 5.14 Å². The minimum absolute atomic E-state index is 0.176. The molecule has 1 aromatic heterocycles. The van der Waals surface area contributed by atoms with Crippen molar-refractivity contribution in [3.63, 3.8) is 0 Å². The van der Waals surface area contributed by atoms with Gasteiger partial charge >= 0.3 is 0 Å². The van der Waals surface area contributed by atoms with Gasteiger partial charge in [0.1, 0.15) is 22.2 Å². The van der Waals surface area contributed by atoms with Crippen LogP contribution in [0.4, 0.5) is 17.6 Å². The highest BCUT2D eigenvalue weighted by Crippen LogP contribution is 2.32. The number of hydrogen-bond acceptors (Lipinski definition) is 3. The molecule has 0 saturated heterocycles. The third kappa shape index (κ3) is 3.89. The maximum absolute atomic E-state index is 14.5. The number of nitrogens with zero attached hydrogens (tertiary/aromatic N) is 2. The van der Waals surface area contributed by atoms with Gasteiger partial charge in [-0.15, -0.1) is 0 Å². The number of benzene rings is 2. The molecule has 1 heterocycles. The Morgan fingerprint density at radius 1 is 1.04 bits per heavy atom. The van der Waals surface area contributed by atoms with Crippen LogP contribution in [-0.2, 0) is 10.0 Å². The van der Waals surface area contributed by atoms with E-state index < -0.39 is 44.2 Å². The number of halogens is 5. The fourth-order valence-electron chi connectivity index (χ4n) is 2.42. The molecule has 27 heavy (non-hydrogen) atoms. The summed E-state index contributed by atoms with van der Waals surface area (Å²) in [5.41, 5.74) is -0.953. The topological polar surface area (TPSA) is 78.0 Å². The summed E-state index contributed by atoms with van der Waals surface area (Å²) < 4.78 is 79.2. The van der Waals surface area contributed by atoms with Gasteiger partial charge in [-0.25, -0.2) is 35.8 Å². The normalized spacial score (nSPS) is 12.0. The minimum Gasteiger partial charge on any atom is -0.233 e. The van der Waals surface area contributed by atoms with Crippen molar-refractivity contribution in [1.82, 2.24) is 9.78 Å². The third-order valence-corrected chi connectivity index (χ3v) is 5.08. The molecule has 5 nitrogen and oxygen atoms in total. The lowest BCUT2D eigenvalue weighted by atomic mass is 10.1. The molecular formula is C16H10BrF4N3O2S. The molecule has 0 bridgehead atoms. The summed E-state index contributed by atoms with van der Waals surface area (Å²) in [5, 5.41) is 8.59. The molecule has 0 aliphatic rings. The monoisotopic (exact) mass is 463 g/mol. The van der Waals surface area contributed by atoms with Crippen LogP contribution in [0.25, 0.3) is 16.9 Å². The second-order valence-corrected chi connectivity index (χ2v) is 7.90. The highest BCUT2D eigenvalue weighted by atomic mass is 79.9. The van der Waals surface area contributed by atoms with Gasteiger partial charge in [-0.3, -0.25) is 0 Å². The number of nitrogens with two attached hydrogens (primary N) is 1. The van der Waals surface area contributed by atoms with Crippen molar-refractivity contribution in [1.29, 1.82) is 0 Å². The van der Waals surface area contributed by atoms with Crippen molar-refractivity contribution < 1.29 is 26.0 Å². The molecule has 0 spiro atoms. The zero-order chi connectivity index (χ0) is 19.9. The Balaban J connectivity index is 2.25. The van der Waals surface area contributed by atoms with Gasteiger partial charge in [-0.2, -0.15) is 5.10 Å². The minimum atomic E-state index is -4.49. The van der Waals surface area contributed by atoms with Gasteiger partial charge in [0.25, 0.3) is 6.43 Å². The highest BCUT2D eigenvalue weighted by Gasteiger charge is 2.23. The van der Waals surface area contributed by atoms with Gasteiger partial charge in [-0.1, -0.05) is 15.9 Å². The predicted molar refractivity (Wildman–Crippen MR) is 92.9 cm³/mol. The van der Waals surface area contributed by atoms with Crippen LogP contribution in [0.15, 0.2) is 51.8 Å². The molecule has 11 heteroatoms. The van der Waals surface area contributed by atoms with E-state index in [0.29, 0.717) is 22.3 Å². The lowest BCUT2D eigenvalue weighted by molar-refractivity contribution is 0.145. The zero-order valence-electron chi connectivity index (χ0n) is 13.2.